The monoisotopic (exact) mass is 313 g/mol. The number of nitrogens with zero attached hydrogens (tertiary/aromatic N) is 1. The number of halogens is 1. The molecule has 0 spiro atoms. The molecule has 6 heteroatoms. The maximum atomic E-state index is 12.4. The zero-order valence-electron chi connectivity index (χ0n) is 10.9. The van der Waals surface area contributed by atoms with Crippen LogP contribution in [0.1, 0.15) is 24.1 Å². The van der Waals surface area contributed by atoms with Gasteiger partial charge in [0.1, 0.15) is 6.04 Å². The Labute approximate surface area is 126 Å². The van der Waals surface area contributed by atoms with Gasteiger partial charge >= 0.3 is 5.97 Å². The van der Waals surface area contributed by atoms with Crippen LogP contribution in [0, 0.1) is 11.8 Å². The molecule has 3 unspecified atom stereocenters. The molecule has 1 amide bonds. The molecule has 20 heavy (non-hydrogen) atoms. The van der Waals surface area contributed by atoms with E-state index in [0.29, 0.717) is 16.8 Å². The summed E-state index contributed by atoms with van der Waals surface area (Å²) in [5.41, 5.74) is 0. The van der Waals surface area contributed by atoms with E-state index in [2.05, 4.69) is 0 Å². The molecular formula is C14H16ClNO3S. The maximum Gasteiger partial charge on any atom is 0.326 e. The summed E-state index contributed by atoms with van der Waals surface area (Å²) in [6.45, 7) is 0.597. The van der Waals surface area contributed by atoms with Crippen molar-refractivity contribution in [1.29, 1.82) is 0 Å². The Morgan fingerprint density at radius 3 is 2.85 bits per heavy atom. The van der Waals surface area contributed by atoms with E-state index in [1.807, 2.05) is 6.07 Å². The van der Waals surface area contributed by atoms with E-state index in [-0.39, 0.29) is 18.2 Å². The zero-order valence-corrected chi connectivity index (χ0v) is 12.5. The molecule has 3 rings (SSSR count). The zero-order chi connectivity index (χ0) is 14.3. The Kier molecular flexibility index (Phi) is 3.73. The molecule has 1 saturated carbocycles. The molecule has 2 fully saturated rings. The van der Waals surface area contributed by atoms with Crippen LogP contribution in [0.4, 0.5) is 0 Å². The van der Waals surface area contributed by atoms with Gasteiger partial charge in [0.25, 0.3) is 0 Å². The molecular weight excluding hydrogens is 298 g/mol. The maximum absolute atomic E-state index is 12.4. The van der Waals surface area contributed by atoms with Crippen molar-refractivity contribution in [3.63, 3.8) is 0 Å². The summed E-state index contributed by atoms with van der Waals surface area (Å²) in [5, 5.41) is 9.44. The highest BCUT2D eigenvalue weighted by Crippen LogP contribution is 2.42. The molecule has 4 nitrogen and oxygen atoms in total. The van der Waals surface area contributed by atoms with Gasteiger partial charge in [0.2, 0.25) is 5.91 Å². The lowest BCUT2D eigenvalue weighted by Crippen LogP contribution is -2.43. The molecule has 0 radical (unpaired) electrons. The molecule has 108 valence electrons. The van der Waals surface area contributed by atoms with Gasteiger partial charge < -0.3 is 10.0 Å². The van der Waals surface area contributed by atoms with E-state index in [9.17, 15) is 14.7 Å². The van der Waals surface area contributed by atoms with Gasteiger partial charge in [-0.2, -0.15) is 0 Å². The average Bonchev–Trinajstić information content (AvgIpc) is 3.02. The number of hydrogen-bond acceptors (Lipinski definition) is 3. The Hall–Kier alpha value is -1.07. The van der Waals surface area contributed by atoms with E-state index < -0.39 is 12.0 Å². The summed E-state index contributed by atoms with van der Waals surface area (Å²) in [4.78, 5) is 26.4. The summed E-state index contributed by atoms with van der Waals surface area (Å²) in [7, 11) is 0. The number of amides is 1. The van der Waals surface area contributed by atoms with E-state index >= 15 is 0 Å². The van der Waals surface area contributed by atoms with Crippen LogP contribution < -0.4 is 0 Å². The second-order valence-electron chi connectivity index (χ2n) is 5.57. The highest BCUT2D eigenvalue weighted by Gasteiger charge is 2.49. The van der Waals surface area contributed by atoms with E-state index in [1.54, 1.807) is 11.0 Å². The second-order valence-corrected chi connectivity index (χ2v) is 7.37. The lowest BCUT2D eigenvalue weighted by molar-refractivity contribution is -0.149. The lowest BCUT2D eigenvalue weighted by Gasteiger charge is -2.24. The Morgan fingerprint density at radius 2 is 2.20 bits per heavy atom. The minimum absolute atomic E-state index is 0.0923. The van der Waals surface area contributed by atoms with Gasteiger partial charge in [0.15, 0.2) is 0 Å². The Bertz CT molecular complexity index is 544. The van der Waals surface area contributed by atoms with E-state index in [0.717, 1.165) is 24.1 Å². The molecule has 1 aromatic heterocycles. The number of likely N-dealkylation sites (tertiary alicyclic amines) is 1. The number of carbonyl (C=O) groups excluding carboxylic acids is 1. The van der Waals surface area contributed by atoms with Crippen LogP contribution in [0.25, 0.3) is 0 Å². The normalized spacial score (nSPS) is 28.6. The number of hydrogen-bond donors (Lipinski definition) is 1. The van der Waals surface area contributed by atoms with Crippen LogP contribution in [0.5, 0.6) is 0 Å². The molecule has 2 heterocycles. The molecule has 1 N–H and O–H groups in total. The fraction of sp³-hybridized carbons (Fsp3) is 0.571. The van der Waals surface area contributed by atoms with Crippen molar-refractivity contribution >= 4 is 34.8 Å². The summed E-state index contributed by atoms with van der Waals surface area (Å²) < 4.78 is 0.654. The largest absolute Gasteiger partial charge is 0.480 e. The van der Waals surface area contributed by atoms with Gasteiger partial charge in [-0.25, -0.2) is 4.79 Å². The molecule has 0 bridgehead atoms. The van der Waals surface area contributed by atoms with Crippen LogP contribution >= 0.6 is 22.9 Å². The van der Waals surface area contributed by atoms with Gasteiger partial charge in [0.05, 0.1) is 10.8 Å². The van der Waals surface area contributed by atoms with Crippen LogP contribution in [0.2, 0.25) is 4.34 Å². The van der Waals surface area contributed by atoms with Crippen molar-refractivity contribution in [1.82, 2.24) is 4.90 Å². The summed E-state index contributed by atoms with van der Waals surface area (Å²) in [5.74, 6) is -0.447. The Balaban J connectivity index is 1.75. The second kappa shape index (κ2) is 5.37. The highest BCUT2D eigenvalue weighted by atomic mass is 35.5. The third-order valence-corrected chi connectivity index (χ3v) is 5.65. The van der Waals surface area contributed by atoms with Gasteiger partial charge in [0, 0.05) is 11.4 Å². The number of aliphatic carboxylic acids is 1. The standard InChI is InChI=1S/C14H16ClNO3S/c15-11-5-4-9(20-11)6-12(17)16-7-8-2-1-3-10(8)13(16)14(18)19/h4-5,8,10,13H,1-3,6-7H2,(H,18,19). The van der Waals surface area contributed by atoms with Crippen molar-refractivity contribution in [2.45, 2.75) is 31.7 Å². The first-order chi connectivity index (χ1) is 9.56. The lowest BCUT2D eigenvalue weighted by atomic mass is 9.94. The third kappa shape index (κ3) is 2.44. The molecule has 1 saturated heterocycles. The van der Waals surface area contributed by atoms with E-state index in [1.165, 1.54) is 11.3 Å². The summed E-state index contributed by atoms with van der Waals surface area (Å²) in [6, 6.07) is 2.96. The quantitative estimate of drug-likeness (QED) is 0.933. The van der Waals surface area contributed by atoms with E-state index in [4.69, 9.17) is 11.6 Å². The molecule has 1 aliphatic heterocycles. The molecule has 3 atom stereocenters. The molecule has 0 aromatic carbocycles. The fourth-order valence-corrected chi connectivity index (χ4v) is 4.65. The minimum atomic E-state index is -0.864. The van der Waals surface area contributed by atoms with Crippen LogP contribution in [-0.2, 0) is 16.0 Å². The number of rotatable bonds is 3. The van der Waals surface area contributed by atoms with Crippen molar-refractivity contribution in [2.24, 2.45) is 11.8 Å². The predicted molar refractivity (Wildman–Crippen MR) is 77.0 cm³/mol. The number of fused-ring (bicyclic) bond motifs is 1. The first-order valence-electron chi connectivity index (χ1n) is 6.82. The van der Waals surface area contributed by atoms with Crippen LogP contribution in [0.3, 0.4) is 0 Å². The number of thiophene rings is 1. The topological polar surface area (TPSA) is 57.6 Å². The first-order valence-corrected chi connectivity index (χ1v) is 8.02. The number of carboxylic acids is 1. The van der Waals surface area contributed by atoms with Gasteiger partial charge in [-0.05, 0) is 36.8 Å². The van der Waals surface area contributed by atoms with Crippen molar-refractivity contribution in [2.75, 3.05) is 6.54 Å². The van der Waals surface area contributed by atoms with Crippen LogP contribution in [0.15, 0.2) is 12.1 Å². The van der Waals surface area contributed by atoms with Gasteiger partial charge in [-0.15, -0.1) is 11.3 Å². The average molecular weight is 314 g/mol. The summed E-state index contributed by atoms with van der Waals surface area (Å²) in [6.07, 6.45) is 3.31. The highest BCUT2D eigenvalue weighted by molar-refractivity contribution is 7.16. The summed E-state index contributed by atoms with van der Waals surface area (Å²) >= 11 is 7.24. The van der Waals surface area contributed by atoms with Crippen molar-refractivity contribution < 1.29 is 14.7 Å². The van der Waals surface area contributed by atoms with Crippen molar-refractivity contribution in [3.8, 4) is 0 Å². The fourth-order valence-electron chi connectivity index (χ4n) is 3.58. The first kappa shape index (κ1) is 13.9. The van der Waals surface area contributed by atoms with Gasteiger partial charge in [-0.3, -0.25) is 4.79 Å². The van der Waals surface area contributed by atoms with Crippen molar-refractivity contribution in [3.05, 3.63) is 21.3 Å². The smallest absolute Gasteiger partial charge is 0.326 e. The third-order valence-electron chi connectivity index (χ3n) is 4.42. The minimum Gasteiger partial charge on any atom is -0.480 e. The number of carbonyl (C=O) groups is 2. The van der Waals surface area contributed by atoms with Gasteiger partial charge in [-0.1, -0.05) is 18.0 Å². The Morgan fingerprint density at radius 1 is 1.40 bits per heavy atom. The molecule has 2 aliphatic rings. The molecule has 1 aliphatic carbocycles. The predicted octanol–water partition coefficient (Wildman–Crippen LogP) is 2.66. The number of carboxylic acid groups (broad SMARTS) is 1. The van der Waals surface area contributed by atoms with Crippen LogP contribution in [-0.4, -0.2) is 34.5 Å². The SMILES string of the molecule is O=C(O)C1C2CCCC2CN1C(=O)Cc1ccc(Cl)s1. The molecule has 1 aromatic rings.